The van der Waals surface area contributed by atoms with Gasteiger partial charge in [-0.05, 0) is 61.3 Å². The van der Waals surface area contributed by atoms with Crippen LogP contribution in [0.15, 0.2) is 18.2 Å². The largest absolute Gasteiger partial charge is 0.330 e. The van der Waals surface area contributed by atoms with Gasteiger partial charge in [-0.15, -0.1) is 0 Å². The molecule has 6 rings (SSSR count). The Balaban J connectivity index is 1.11. The van der Waals surface area contributed by atoms with Crippen molar-refractivity contribution in [3.8, 4) is 6.07 Å². The summed E-state index contributed by atoms with van der Waals surface area (Å²) in [6, 6.07) is 7.92. The quantitative estimate of drug-likeness (QED) is 0.595. The fourth-order valence-electron chi connectivity index (χ4n) is 6.92. The number of piperidine rings is 1. The van der Waals surface area contributed by atoms with Gasteiger partial charge in [0.15, 0.2) is 0 Å². The van der Waals surface area contributed by atoms with Crippen molar-refractivity contribution in [1.82, 2.24) is 14.7 Å². The molecule has 0 aromatic heterocycles. The van der Waals surface area contributed by atoms with E-state index in [4.69, 9.17) is 4.55 Å². The van der Waals surface area contributed by atoms with E-state index in [1.165, 1.54) is 0 Å². The van der Waals surface area contributed by atoms with Gasteiger partial charge in [0.05, 0.1) is 18.2 Å². The maximum atomic E-state index is 13.4. The Morgan fingerprint density at radius 3 is 2.88 bits per heavy atom. The number of aryl methyl sites for hydroxylation is 1. The third kappa shape index (κ3) is 3.44. The highest BCUT2D eigenvalue weighted by Crippen LogP contribution is 2.48. The Kier molecular flexibility index (Phi) is 5.20. The molecular formula is C24H29N5O4S. The van der Waals surface area contributed by atoms with Crippen molar-refractivity contribution >= 4 is 28.8 Å². The Bertz CT molecular complexity index is 1120. The minimum absolute atomic E-state index is 0.0418. The number of likely N-dealkylation sites (tertiary alicyclic amines) is 3. The van der Waals surface area contributed by atoms with E-state index in [1.807, 2.05) is 24.0 Å². The molecule has 2 N–H and O–H groups in total. The number of amides is 2. The molecule has 1 saturated carbocycles. The van der Waals surface area contributed by atoms with E-state index < -0.39 is 11.3 Å². The molecule has 3 saturated heterocycles. The molecule has 10 heteroatoms. The molecule has 2 amide bonds. The van der Waals surface area contributed by atoms with Gasteiger partial charge in [-0.1, -0.05) is 13.0 Å². The van der Waals surface area contributed by atoms with Crippen LogP contribution in [-0.2, 0) is 27.3 Å². The minimum Gasteiger partial charge on any atom is -0.330 e. The molecule has 4 fully saturated rings. The molecule has 34 heavy (non-hydrogen) atoms. The summed E-state index contributed by atoms with van der Waals surface area (Å²) in [5.41, 5.74) is 2.84. The Hall–Kier alpha value is -2.48. The zero-order valence-electron chi connectivity index (χ0n) is 19.1. The number of nitrogens with one attached hydrogen (secondary N) is 1. The van der Waals surface area contributed by atoms with Gasteiger partial charge in [-0.3, -0.25) is 23.8 Å². The van der Waals surface area contributed by atoms with Gasteiger partial charge < -0.3 is 9.80 Å². The lowest BCUT2D eigenvalue weighted by molar-refractivity contribution is -0.142. The number of rotatable bonds is 6. The van der Waals surface area contributed by atoms with Crippen molar-refractivity contribution in [2.45, 2.75) is 69.2 Å². The fraction of sp³-hybridized carbons (Fsp3) is 0.625. The molecule has 2 aliphatic carbocycles. The van der Waals surface area contributed by atoms with Crippen molar-refractivity contribution in [2.24, 2.45) is 11.8 Å². The van der Waals surface area contributed by atoms with Gasteiger partial charge in [0.2, 0.25) is 11.8 Å². The summed E-state index contributed by atoms with van der Waals surface area (Å²) in [7, 11) is 0. The molecular weight excluding hydrogens is 454 g/mol. The van der Waals surface area contributed by atoms with E-state index in [2.05, 4.69) is 20.6 Å². The van der Waals surface area contributed by atoms with E-state index in [0.29, 0.717) is 18.2 Å². The molecule has 1 aromatic carbocycles. The number of benzene rings is 1. The Morgan fingerprint density at radius 2 is 2.15 bits per heavy atom. The first-order valence-electron chi connectivity index (χ1n) is 12.1. The van der Waals surface area contributed by atoms with Crippen molar-refractivity contribution < 1.29 is 18.4 Å². The number of anilines is 1. The standard InChI is InChI=1S/C24H29N5O4S/c1-13(23(30)28-17(10-25)7-15-8-21(15)28)11-27-12-18-9-22(27)24(31)29(18)20-5-2-14-6-16(26-34(32)33)3-4-19(14)20/h3-4,6,13,15,17-18,20-22,26H,2,5,7-9,11-12H2,1H3,(H,32,33)/t13-,15+,17-,18+,20+,21?,22+/m0/s1. The van der Waals surface area contributed by atoms with Gasteiger partial charge in [-0.25, -0.2) is 4.21 Å². The molecule has 2 unspecified atom stereocenters. The summed E-state index contributed by atoms with van der Waals surface area (Å²) in [5, 5.41) is 9.43. The highest BCUT2D eigenvalue weighted by Gasteiger charge is 2.56. The molecule has 3 aliphatic heterocycles. The number of nitriles is 1. The van der Waals surface area contributed by atoms with Gasteiger partial charge in [0, 0.05) is 36.8 Å². The van der Waals surface area contributed by atoms with E-state index in [9.17, 15) is 19.1 Å². The lowest BCUT2D eigenvalue weighted by atomic mass is 10.0. The number of hydrogen-bond acceptors (Lipinski definition) is 5. The average Bonchev–Trinajstić information content (AvgIpc) is 3.14. The van der Waals surface area contributed by atoms with Crippen molar-refractivity contribution in [2.75, 3.05) is 17.8 Å². The number of fused-ring (bicyclic) bond motifs is 4. The monoisotopic (exact) mass is 483 g/mol. The van der Waals surface area contributed by atoms with E-state index >= 15 is 0 Å². The van der Waals surface area contributed by atoms with Crippen LogP contribution in [0.5, 0.6) is 0 Å². The zero-order valence-corrected chi connectivity index (χ0v) is 19.9. The van der Waals surface area contributed by atoms with Gasteiger partial charge >= 0.3 is 0 Å². The number of nitrogens with zero attached hydrogens (tertiary/aromatic N) is 4. The zero-order chi connectivity index (χ0) is 23.7. The van der Waals surface area contributed by atoms with Gasteiger partial charge in [-0.2, -0.15) is 5.26 Å². The molecule has 180 valence electrons. The van der Waals surface area contributed by atoms with Crippen molar-refractivity contribution in [1.29, 1.82) is 5.26 Å². The van der Waals surface area contributed by atoms with Crippen LogP contribution in [-0.4, -0.2) is 72.5 Å². The summed E-state index contributed by atoms with van der Waals surface area (Å²) >= 11 is -2.11. The predicted octanol–water partition coefficient (Wildman–Crippen LogP) is 1.66. The van der Waals surface area contributed by atoms with E-state index in [1.54, 1.807) is 6.07 Å². The SMILES string of the molecule is C[C@@H](CN1C[C@H]2C[C@@H]1C(=O)N2[C@@H]1CCc2cc(NS(=O)O)ccc21)C(=O)N1C2C[C@H]2C[C@H]1C#N. The number of carbonyl (C=O) groups excluding carboxylic acids is 2. The topological polar surface area (TPSA) is 117 Å². The molecule has 5 aliphatic rings. The predicted molar refractivity (Wildman–Crippen MR) is 124 cm³/mol. The maximum absolute atomic E-state index is 13.4. The lowest BCUT2D eigenvalue weighted by Crippen LogP contribution is -2.53. The van der Waals surface area contributed by atoms with Crippen LogP contribution in [0, 0.1) is 23.2 Å². The van der Waals surface area contributed by atoms with E-state index in [0.717, 1.165) is 49.8 Å². The summed E-state index contributed by atoms with van der Waals surface area (Å²) < 4.78 is 22.6. The normalized spacial score (nSPS) is 35.1. The first-order valence-corrected chi connectivity index (χ1v) is 13.2. The van der Waals surface area contributed by atoms with Gasteiger partial charge in [0.1, 0.15) is 6.04 Å². The third-order valence-electron chi connectivity index (χ3n) is 8.48. The fourth-order valence-corrected chi connectivity index (χ4v) is 7.25. The van der Waals surface area contributed by atoms with E-state index in [-0.39, 0.29) is 47.9 Å². The Morgan fingerprint density at radius 1 is 1.32 bits per heavy atom. The summed E-state index contributed by atoms with van der Waals surface area (Å²) in [6.45, 7) is 3.26. The van der Waals surface area contributed by atoms with Crippen LogP contribution in [0.3, 0.4) is 0 Å². The molecule has 2 bridgehead atoms. The van der Waals surface area contributed by atoms with Crippen LogP contribution < -0.4 is 4.72 Å². The van der Waals surface area contributed by atoms with Crippen LogP contribution in [0.4, 0.5) is 5.69 Å². The first-order chi connectivity index (χ1) is 16.4. The average molecular weight is 484 g/mol. The van der Waals surface area contributed by atoms with Crippen LogP contribution in [0.2, 0.25) is 0 Å². The molecule has 9 nitrogen and oxygen atoms in total. The molecule has 8 atom stereocenters. The highest BCUT2D eigenvalue weighted by atomic mass is 32.2. The van der Waals surface area contributed by atoms with Crippen molar-refractivity contribution in [3.05, 3.63) is 29.3 Å². The lowest BCUT2D eigenvalue weighted by Gasteiger charge is -2.39. The minimum atomic E-state index is -2.11. The smallest absolute Gasteiger partial charge is 0.259 e. The molecule has 0 spiro atoms. The molecule has 3 heterocycles. The second kappa shape index (κ2) is 8.04. The number of piperazine rings is 1. The van der Waals surface area contributed by atoms with Gasteiger partial charge in [0.25, 0.3) is 11.3 Å². The van der Waals surface area contributed by atoms with Crippen LogP contribution >= 0.6 is 0 Å². The second-order valence-corrected chi connectivity index (χ2v) is 11.2. The van der Waals surface area contributed by atoms with Crippen LogP contribution in [0.1, 0.15) is 49.8 Å². The van der Waals surface area contributed by atoms with Crippen LogP contribution in [0.25, 0.3) is 0 Å². The maximum Gasteiger partial charge on any atom is 0.259 e. The Labute approximate surface area is 201 Å². The number of carbonyl (C=O) groups is 2. The number of hydrogen-bond donors (Lipinski definition) is 2. The molecule has 1 aromatic rings. The third-order valence-corrected chi connectivity index (χ3v) is 8.89. The van der Waals surface area contributed by atoms with Crippen molar-refractivity contribution in [3.63, 3.8) is 0 Å². The summed E-state index contributed by atoms with van der Waals surface area (Å²) in [6.07, 6.45) is 4.32. The second-order valence-electron chi connectivity index (χ2n) is 10.5. The molecule has 0 radical (unpaired) electrons. The summed E-state index contributed by atoms with van der Waals surface area (Å²) in [5.74, 6) is 0.476. The summed E-state index contributed by atoms with van der Waals surface area (Å²) in [4.78, 5) is 32.6. The first kappa shape index (κ1) is 22.0. The highest BCUT2D eigenvalue weighted by molar-refractivity contribution is 7.80.